The van der Waals surface area contributed by atoms with E-state index in [0.29, 0.717) is 0 Å². The number of nitrogens with one attached hydrogen (secondary N) is 1. The molecule has 0 saturated carbocycles. The second-order valence-corrected chi connectivity index (χ2v) is 4.99. The Bertz CT molecular complexity index is 338. The van der Waals surface area contributed by atoms with Crippen LogP contribution < -0.4 is 11.3 Å². The van der Waals surface area contributed by atoms with Crippen molar-refractivity contribution in [3.8, 4) is 0 Å². The van der Waals surface area contributed by atoms with E-state index in [4.69, 9.17) is 5.84 Å². The van der Waals surface area contributed by atoms with Gasteiger partial charge in [-0.25, -0.2) is 8.78 Å². The first kappa shape index (κ1) is 13.1. The van der Waals surface area contributed by atoms with Gasteiger partial charge in [-0.05, 0) is 24.0 Å². The van der Waals surface area contributed by atoms with Gasteiger partial charge in [0.2, 0.25) is 0 Å². The second kappa shape index (κ2) is 4.89. The average Bonchev–Trinajstić information content (AvgIpc) is 2.15. The van der Waals surface area contributed by atoms with E-state index in [9.17, 15) is 8.78 Å². The van der Waals surface area contributed by atoms with Crippen LogP contribution in [0.3, 0.4) is 0 Å². The highest BCUT2D eigenvalue weighted by molar-refractivity contribution is 5.21. The number of hydrogen-bond donors (Lipinski definition) is 2. The van der Waals surface area contributed by atoms with Gasteiger partial charge in [-0.2, -0.15) is 0 Å². The summed E-state index contributed by atoms with van der Waals surface area (Å²) in [5.41, 5.74) is 2.53. The molecule has 0 aromatic heterocycles. The molecule has 0 spiro atoms. The van der Waals surface area contributed by atoms with Crippen LogP contribution in [0, 0.1) is 17.0 Å². The van der Waals surface area contributed by atoms with Crippen LogP contribution >= 0.6 is 0 Å². The number of hydrazine groups is 1. The molecule has 1 aromatic carbocycles. The Balaban J connectivity index is 2.95. The highest BCUT2D eigenvalue weighted by Crippen LogP contribution is 2.24. The number of nitrogens with two attached hydrogens (primary N) is 1. The van der Waals surface area contributed by atoms with Crippen molar-refractivity contribution in [1.82, 2.24) is 5.43 Å². The lowest BCUT2D eigenvalue weighted by Crippen LogP contribution is -2.46. The quantitative estimate of drug-likeness (QED) is 0.615. The smallest absolute Gasteiger partial charge is 0.129 e. The fourth-order valence-electron chi connectivity index (χ4n) is 1.55. The average molecular weight is 228 g/mol. The molecule has 90 valence electrons. The molecule has 0 fully saturated rings. The zero-order valence-corrected chi connectivity index (χ0v) is 9.85. The summed E-state index contributed by atoms with van der Waals surface area (Å²) in [7, 11) is 0. The molecule has 0 aliphatic heterocycles. The molecule has 0 aliphatic carbocycles. The van der Waals surface area contributed by atoms with Crippen LogP contribution in [0.4, 0.5) is 8.78 Å². The van der Waals surface area contributed by atoms with Crippen LogP contribution in [0.25, 0.3) is 0 Å². The number of rotatable bonds is 3. The predicted molar refractivity (Wildman–Crippen MR) is 60.6 cm³/mol. The fourth-order valence-corrected chi connectivity index (χ4v) is 1.55. The highest BCUT2D eigenvalue weighted by atomic mass is 19.1. The van der Waals surface area contributed by atoms with E-state index >= 15 is 0 Å². The molecule has 0 bridgehead atoms. The van der Waals surface area contributed by atoms with E-state index in [1.54, 1.807) is 0 Å². The molecule has 0 heterocycles. The molecule has 1 unspecified atom stereocenters. The van der Waals surface area contributed by atoms with Gasteiger partial charge < -0.3 is 0 Å². The lowest BCUT2D eigenvalue weighted by Gasteiger charge is -2.30. The lowest BCUT2D eigenvalue weighted by atomic mass is 9.83. The normalized spacial score (nSPS) is 13.9. The summed E-state index contributed by atoms with van der Waals surface area (Å²) >= 11 is 0. The van der Waals surface area contributed by atoms with Crippen LogP contribution in [-0.2, 0) is 6.42 Å². The first-order valence-electron chi connectivity index (χ1n) is 5.25. The number of halogens is 2. The van der Waals surface area contributed by atoms with Gasteiger partial charge in [-0.15, -0.1) is 0 Å². The topological polar surface area (TPSA) is 38.0 Å². The van der Waals surface area contributed by atoms with Gasteiger partial charge in [0.15, 0.2) is 0 Å². The van der Waals surface area contributed by atoms with Gasteiger partial charge >= 0.3 is 0 Å². The summed E-state index contributed by atoms with van der Waals surface area (Å²) in [5, 5.41) is 0. The van der Waals surface area contributed by atoms with E-state index < -0.39 is 11.6 Å². The van der Waals surface area contributed by atoms with Crippen LogP contribution in [0.2, 0.25) is 0 Å². The molecule has 16 heavy (non-hydrogen) atoms. The standard InChI is InChI=1S/C12H18F2N2/c1-12(2,3)11(16-15)7-8-9(13)5-4-6-10(8)14/h4-6,11,16H,7,15H2,1-3H3. The van der Waals surface area contributed by atoms with Gasteiger partial charge in [0.25, 0.3) is 0 Å². The Morgan fingerprint density at radius 2 is 1.75 bits per heavy atom. The fraction of sp³-hybridized carbons (Fsp3) is 0.500. The van der Waals surface area contributed by atoms with Crippen molar-refractivity contribution >= 4 is 0 Å². The van der Waals surface area contributed by atoms with Crippen molar-refractivity contribution in [2.45, 2.75) is 33.2 Å². The zero-order chi connectivity index (χ0) is 12.3. The van der Waals surface area contributed by atoms with E-state index in [1.807, 2.05) is 20.8 Å². The van der Waals surface area contributed by atoms with Crippen molar-refractivity contribution in [1.29, 1.82) is 0 Å². The summed E-state index contributed by atoms with van der Waals surface area (Å²) in [4.78, 5) is 0. The molecular formula is C12H18F2N2. The van der Waals surface area contributed by atoms with Gasteiger partial charge in [0.05, 0.1) is 0 Å². The Morgan fingerprint density at radius 1 is 1.25 bits per heavy atom. The Morgan fingerprint density at radius 3 is 2.12 bits per heavy atom. The second-order valence-electron chi connectivity index (χ2n) is 4.99. The molecule has 3 N–H and O–H groups in total. The van der Waals surface area contributed by atoms with E-state index in [1.165, 1.54) is 18.2 Å². The molecule has 0 saturated heterocycles. The van der Waals surface area contributed by atoms with Gasteiger partial charge in [-0.3, -0.25) is 11.3 Å². The molecule has 0 amide bonds. The Labute approximate surface area is 94.8 Å². The lowest BCUT2D eigenvalue weighted by molar-refractivity contribution is 0.265. The van der Waals surface area contributed by atoms with Crippen LogP contribution in [0.1, 0.15) is 26.3 Å². The summed E-state index contributed by atoms with van der Waals surface area (Å²) < 4.78 is 26.9. The maximum atomic E-state index is 13.4. The number of hydrogen-bond acceptors (Lipinski definition) is 2. The minimum atomic E-state index is -0.524. The molecule has 2 nitrogen and oxygen atoms in total. The van der Waals surface area contributed by atoms with Crippen molar-refractivity contribution in [3.63, 3.8) is 0 Å². The summed E-state index contributed by atoms with van der Waals surface area (Å²) in [6.07, 6.45) is 0.235. The third-order valence-corrected chi connectivity index (χ3v) is 2.72. The Kier molecular flexibility index (Phi) is 3.99. The molecule has 0 radical (unpaired) electrons. The Hall–Kier alpha value is -1.00. The SMILES string of the molecule is CC(C)(C)C(Cc1c(F)cccc1F)NN. The summed E-state index contributed by atoms with van der Waals surface area (Å²) in [6.45, 7) is 5.91. The van der Waals surface area contributed by atoms with Crippen molar-refractivity contribution in [2.24, 2.45) is 11.3 Å². The van der Waals surface area contributed by atoms with Gasteiger partial charge in [0, 0.05) is 11.6 Å². The van der Waals surface area contributed by atoms with Crippen LogP contribution in [0.15, 0.2) is 18.2 Å². The van der Waals surface area contributed by atoms with Crippen molar-refractivity contribution in [2.75, 3.05) is 0 Å². The minimum absolute atomic E-state index is 0.0837. The maximum absolute atomic E-state index is 13.4. The van der Waals surface area contributed by atoms with Gasteiger partial charge in [0.1, 0.15) is 11.6 Å². The first-order valence-corrected chi connectivity index (χ1v) is 5.25. The van der Waals surface area contributed by atoms with Crippen LogP contribution in [0.5, 0.6) is 0 Å². The van der Waals surface area contributed by atoms with E-state index in [2.05, 4.69) is 5.43 Å². The molecule has 1 rings (SSSR count). The van der Waals surface area contributed by atoms with Crippen molar-refractivity contribution in [3.05, 3.63) is 35.4 Å². The van der Waals surface area contributed by atoms with E-state index in [0.717, 1.165) is 0 Å². The molecule has 1 aromatic rings. The summed E-state index contributed by atoms with van der Waals surface area (Å²) in [5.74, 6) is 4.36. The van der Waals surface area contributed by atoms with Gasteiger partial charge in [-0.1, -0.05) is 26.8 Å². The monoisotopic (exact) mass is 228 g/mol. The molecule has 1 atom stereocenters. The summed E-state index contributed by atoms with van der Waals surface area (Å²) in [6, 6.07) is 3.69. The predicted octanol–water partition coefficient (Wildman–Crippen LogP) is 2.39. The maximum Gasteiger partial charge on any atom is 0.129 e. The van der Waals surface area contributed by atoms with Crippen molar-refractivity contribution < 1.29 is 8.78 Å². The third-order valence-electron chi connectivity index (χ3n) is 2.72. The highest BCUT2D eigenvalue weighted by Gasteiger charge is 2.25. The zero-order valence-electron chi connectivity index (χ0n) is 9.85. The molecule has 0 aliphatic rings. The first-order chi connectivity index (χ1) is 7.36. The van der Waals surface area contributed by atoms with Crippen LogP contribution in [-0.4, -0.2) is 6.04 Å². The third kappa shape index (κ3) is 3.00. The molecule has 4 heteroatoms. The number of benzene rings is 1. The minimum Gasteiger partial charge on any atom is -0.271 e. The largest absolute Gasteiger partial charge is 0.271 e. The van der Waals surface area contributed by atoms with E-state index in [-0.39, 0.29) is 23.4 Å². The molecular weight excluding hydrogens is 210 g/mol.